The number of hydrogen-bond donors (Lipinski definition) is 2. The Kier molecular flexibility index (Phi) is 5.51. The molecule has 1 heterocycles. The summed E-state index contributed by atoms with van der Waals surface area (Å²) < 4.78 is 0. The van der Waals surface area contributed by atoms with Crippen molar-refractivity contribution in [1.29, 1.82) is 0 Å². The number of para-hydroxylation sites is 1. The summed E-state index contributed by atoms with van der Waals surface area (Å²) in [6.07, 6.45) is 1.31. The molecule has 1 unspecified atom stereocenters. The number of nitrogens with one attached hydrogen (secondary N) is 1. The van der Waals surface area contributed by atoms with Crippen LogP contribution in [0.4, 0.5) is 5.69 Å². The largest absolute Gasteiger partial charge is 0.394 e. The van der Waals surface area contributed by atoms with Gasteiger partial charge in [-0.05, 0) is 29.7 Å². The first-order chi connectivity index (χ1) is 11.7. The average Bonchev–Trinajstić information content (AvgIpc) is 2.61. The molecule has 0 spiro atoms. The van der Waals surface area contributed by atoms with E-state index in [-0.39, 0.29) is 18.6 Å². The molecule has 0 radical (unpaired) electrons. The molecule has 3 rings (SSSR count). The van der Waals surface area contributed by atoms with Gasteiger partial charge in [-0.2, -0.15) is 0 Å². The molecule has 24 heavy (non-hydrogen) atoms. The molecule has 126 valence electrons. The minimum Gasteiger partial charge on any atom is -0.394 e. The van der Waals surface area contributed by atoms with Crippen molar-refractivity contribution in [2.24, 2.45) is 0 Å². The number of aliphatic hydroxyl groups is 1. The zero-order chi connectivity index (χ0) is 16.9. The summed E-state index contributed by atoms with van der Waals surface area (Å²) in [4.78, 5) is 14.4. The van der Waals surface area contributed by atoms with E-state index in [9.17, 15) is 9.90 Å². The number of hydrogen-bond acceptors (Lipinski definition) is 3. The highest BCUT2D eigenvalue weighted by molar-refractivity contribution is 6.33. The van der Waals surface area contributed by atoms with Gasteiger partial charge >= 0.3 is 0 Å². The lowest BCUT2D eigenvalue weighted by Crippen LogP contribution is -2.39. The monoisotopic (exact) mass is 344 g/mol. The maximum absolute atomic E-state index is 12.2. The van der Waals surface area contributed by atoms with E-state index in [4.69, 9.17) is 11.6 Å². The lowest BCUT2D eigenvalue weighted by Gasteiger charge is -2.36. The van der Waals surface area contributed by atoms with Crippen LogP contribution in [0.5, 0.6) is 0 Å². The maximum atomic E-state index is 12.2. The van der Waals surface area contributed by atoms with Gasteiger partial charge in [-0.3, -0.25) is 9.69 Å². The number of carbonyl (C=O) groups excluding carboxylic acids is 1. The third kappa shape index (κ3) is 3.78. The van der Waals surface area contributed by atoms with Gasteiger partial charge in [0.1, 0.15) is 0 Å². The molecule has 0 saturated heterocycles. The number of benzene rings is 2. The normalized spacial score (nSPS) is 17.3. The third-order valence-electron chi connectivity index (χ3n) is 4.47. The van der Waals surface area contributed by atoms with Crippen molar-refractivity contribution in [3.05, 3.63) is 64.7 Å². The van der Waals surface area contributed by atoms with Crippen molar-refractivity contribution in [2.75, 3.05) is 25.0 Å². The van der Waals surface area contributed by atoms with Gasteiger partial charge in [-0.25, -0.2) is 0 Å². The Labute approximate surface area is 147 Å². The van der Waals surface area contributed by atoms with Gasteiger partial charge in [-0.15, -0.1) is 0 Å². The van der Waals surface area contributed by atoms with Crippen LogP contribution >= 0.6 is 11.6 Å². The Hall–Kier alpha value is -1.88. The Morgan fingerprint density at radius 1 is 1.21 bits per heavy atom. The van der Waals surface area contributed by atoms with Crippen LogP contribution in [-0.4, -0.2) is 35.6 Å². The molecule has 1 aliphatic rings. The van der Waals surface area contributed by atoms with Crippen LogP contribution in [0.15, 0.2) is 48.5 Å². The van der Waals surface area contributed by atoms with Crippen molar-refractivity contribution < 1.29 is 9.90 Å². The molecule has 0 bridgehead atoms. The molecule has 2 N–H and O–H groups in total. The maximum Gasteiger partial charge on any atom is 0.225 e. The highest BCUT2D eigenvalue weighted by atomic mass is 35.5. The van der Waals surface area contributed by atoms with Gasteiger partial charge in [0.2, 0.25) is 5.91 Å². The molecular formula is C19H21ClN2O2. The van der Waals surface area contributed by atoms with Crippen LogP contribution in [0.25, 0.3) is 0 Å². The predicted octanol–water partition coefficient (Wildman–Crippen LogP) is 3.26. The van der Waals surface area contributed by atoms with Gasteiger partial charge in [0.25, 0.3) is 0 Å². The lowest BCUT2D eigenvalue weighted by molar-refractivity contribution is -0.116. The zero-order valence-electron chi connectivity index (χ0n) is 13.4. The van der Waals surface area contributed by atoms with Crippen LogP contribution < -0.4 is 5.32 Å². The number of aliphatic hydroxyl groups excluding tert-OH is 1. The smallest absolute Gasteiger partial charge is 0.225 e. The molecular weight excluding hydrogens is 324 g/mol. The van der Waals surface area contributed by atoms with Gasteiger partial charge in [0, 0.05) is 19.5 Å². The first-order valence-corrected chi connectivity index (χ1v) is 8.54. The molecule has 2 aromatic rings. The summed E-state index contributed by atoms with van der Waals surface area (Å²) in [5.74, 6) is -0.0707. The van der Waals surface area contributed by atoms with Gasteiger partial charge in [-0.1, -0.05) is 48.0 Å². The quantitative estimate of drug-likeness (QED) is 0.875. The second kappa shape index (κ2) is 7.79. The Morgan fingerprint density at radius 2 is 1.96 bits per heavy atom. The number of fused-ring (bicyclic) bond motifs is 1. The van der Waals surface area contributed by atoms with Crippen LogP contribution in [-0.2, 0) is 11.2 Å². The van der Waals surface area contributed by atoms with Gasteiger partial charge in [0.15, 0.2) is 0 Å². The number of amides is 1. The van der Waals surface area contributed by atoms with E-state index in [1.54, 1.807) is 12.1 Å². The summed E-state index contributed by atoms with van der Waals surface area (Å²) in [7, 11) is 0. The van der Waals surface area contributed by atoms with E-state index in [1.807, 2.05) is 24.3 Å². The minimum atomic E-state index is -0.0707. The van der Waals surface area contributed by atoms with Crippen LogP contribution in [0.1, 0.15) is 23.6 Å². The molecule has 4 nitrogen and oxygen atoms in total. The molecule has 2 aromatic carbocycles. The first-order valence-electron chi connectivity index (χ1n) is 8.16. The van der Waals surface area contributed by atoms with E-state index in [1.165, 1.54) is 5.56 Å². The first kappa shape index (κ1) is 17.0. The highest BCUT2D eigenvalue weighted by Gasteiger charge is 2.26. The molecule has 5 heteroatoms. The predicted molar refractivity (Wildman–Crippen MR) is 96.2 cm³/mol. The number of halogens is 1. The van der Waals surface area contributed by atoms with Crippen molar-refractivity contribution in [3.63, 3.8) is 0 Å². The number of nitrogens with zero attached hydrogens (tertiary/aromatic N) is 1. The fraction of sp³-hybridized carbons (Fsp3) is 0.316. The van der Waals surface area contributed by atoms with Crippen molar-refractivity contribution >= 4 is 23.2 Å². The number of anilines is 1. The van der Waals surface area contributed by atoms with E-state index in [2.05, 4.69) is 22.3 Å². The average molecular weight is 345 g/mol. The summed E-state index contributed by atoms with van der Waals surface area (Å²) in [6, 6.07) is 15.4. The zero-order valence-corrected chi connectivity index (χ0v) is 14.2. The standard InChI is InChI=1S/C19H21ClN2O2/c20-16-7-3-4-8-17(16)21-19(24)10-12-22-11-9-14-5-1-2-6-15(14)18(22)13-23/h1-8,18,23H,9-13H2,(H,21,24). The lowest BCUT2D eigenvalue weighted by atomic mass is 9.93. The molecule has 0 aliphatic carbocycles. The summed E-state index contributed by atoms with van der Waals surface area (Å²) >= 11 is 6.06. The van der Waals surface area contributed by atoms with Crippen molar-refractivity contribution in [3.8, 4) is 0 Å². The van der Waals surface area contributed by atoms with Crippen LogP contribution in [0.2, 0.25) is 5.02 Å². The number of rotatable bonds is 5. The van der Waals surface area contributed by atoms with Crippen LogP contribution in [0, 0.1) is 0 Å². The molecule has 1 amide bonds. The minimum absolute atomic E-state index is 0.0388. The topological polar surface area (TPSA) is 52.6 Å². The van der Waals surface area contributed by atoms with Crippen molar-refractivity contribution in [2.45, 2.75) is 18.9 Å². The third-order valence-corrected chi connectivity index (χ3v) is 4.80. The Morgan fingerprint density at radius 3 is 2.75 bits per heavy atom. The van der Waals surface area contributed by atoms with E-state index >= 15 is 0 Å². The molecule has 1 aliphatic heterocycles. The highest BCUT2D eigenvalue weighted by Crippen LogP contribution is 2.29. The van der Waals surface area contributed by atoms with Crippen LogP contribution in [0.3, 0.4) is 0 Å². The SMILES string of the molecule is O=C(CCN1CCc2ccccc2C1CO)Nc1ccccc1Cl. The molecule has 1 atom stereocenters. The number of carbonyl (C=O) groups is 1. The van der Waals surface area contributed by atoms with Gasteiger partial charge in [0.05, 0.1) is 23.4 Å². The van der Waals surface area contributed by atoms with Gasteiger partial charge < -0.3 is 10.4 Å². The fourth-order valence-corrected chi connectivity index (χ4v) is 3.39. The second-order valence-corrected chi connectivity index (χ2v) is 6.37. The second-order valence-electron chi connectivity index (χ2n) is 5.96. The van der Waals surface area contributed by atoms with E-state index in [0.717, 1.165) is 18.5 Å². The Balaban J connectivity index is 1.60. The molecule has 0 saturated carbocycles. The van der Waals surface area contributed by atoms with E-state index in [0.29, 0.717) is 23.7 Å². The fourth-order valence-electron chi connectivity index (χ4n) is 3.21. The Bertz CT molecular complexity index is 720. The van der Waals surface area contributed by atoms with E-state index < -0.39 is 0 Å². The summed E-state index contributed by atoms with van der Waals surface area (Å²) in [5, 5.41) is 13.2. The molecule has 0 fully saturated rings. The molecule has 0 aromatic heterocycles. The summed E-state index contributed by atoms with van der Waals surface area (Å²) in [5.41, 5.74) is 3.08. The van der Waals surface area contributed by atoms with Crippen molar-refractivity contribution in [1.82, 2.24) is 4.90 Å². The summed E-state index contributed by atoms with van der Waals surface area (Å²) in [6.45, 7) is 1.51.